The van der Waals surface area contributed by atoms with Gasteiger partial charge in [-0.25, -0.2) is 0 Å². The number of aromatic hydroxyl groups is 1. The predicted octanol–water partition coefficient (Wildman–Crippen LogP) is 3.93. The van der Waals surface area contributed by atoms with Crippen molar-refractivity contribution in [1.29, 1.82) is 5.26 Å². The third-order valence-electron chi connectivity index (χ3n) is 2.55. The second-order valence-electron chi connectivity index (χ2n) is 3.92. The number of carbonyl (C=O) groups excluding carboxylic acids is 1. The van der Waals surface area contributed by atoms with Crippen LogP contribution < -0.4 is 5.32 Å². The number of hydrogen-bond acceptors (Lipinski definition) is 3. The SMILES string of the molecule is N#Cc1cc(Br)ccc1NC(=O)c1ccc(Cl)cc1O. The number of benzene rings is 2. The van der Waals surface area contributed by atoms with Crippen LogP contribution in [0.3, 0.4) is 0 Å². The number of amides is 1. The number of nitriles is 1. The van der Waals surface area contributed by atoms with E-state index in [1.807, 2.05) is 6.07 Å². The summed E-state index contributed by atoms with van der Waals surface area (Å²) in [4.78, 5) is 12.1. The Morgan fingerprint density at radius 3 is 2.70 bits per heavy atom. The van der Waals surface area contributed by atoms with Crippen molar-refractivity contribution in [1.82, 2.24) is 0 Å². The standard InChI is InChI=1S/C14H8BrClN2O2/c15-9-1-4-12(8(5-9)7-17)18-14(20)11-3-2-10(16)6-13(11)19/h1-6,19H,(H,18,20). The highest BCUT2D eigenvalue weighted by Gasteiger charge is 2.13. The summed E-state index contributed by atoms with van der Waals surface area (Å²) in [6.07, 6.45) is 0. The molecule has 0 aliphatic heterocycles. The van der Waals surface area contributed by atoms with Crippen LogP contribution in [-0.4, -0.2) is 11.0 Å². The van der Waals surface area contributed by atoms with Crippen molar-refractivity contribution in [3.8, 4) is 11.8 Å². The number of anilines is 1. The Morgan fingerprint density at radius 2 is 2.05 bits per heavy atom. The van der Waals surface area contributed by atoms with Crippen molar-refractivity contribution in [3.63, 3.8) is 0 Å². The molecule has 0 saturated carbocycles. The van der Waals surface area contributed by atoms with E-state index >= 15 is 0 Å². The lowest BCUT2D eigenvalue weighted by atomic mass is 10.1. The molecule has 2 N–H and O–H groups in total. The number of hydrogen-bond donors (Lipinski definition) is 2. The summed E-state index contributed by atoms with van der Waals surface area (Å²) in [6, 6.07) is 11.1. The Kier molecular flexibility index (Phi) is 4.28. The zero-order valence-electron chi connectivity index (χ0n) is 10.0. The summed E-state index contributed by atoms with van der Waals surface area (Å²) < 4.78 is 0.737. The molecule has 0 aliphatic rings. The normalized spacial score (nSPS) is 9.85. The van der Waals surface area contributed by atoms with Crippen LogP contribution in [0.4, 0.5) is 5.69 Å². The summed E-state index contributed by atoms with van der Waals surface area (Å²) in [7, 11) is 0. The predicted molar refractivity (Wildman–Crippen MR) is 79.9 cm³/mol. The Balaban J connectivity index is 2.31. The summed E-state index contributed by atoms with van der Waals surface area (Å²) in [5.74, 6) is -0.733. The second kappa shape index (κ2) is 5.95. The molecule has 100 valence electrons. The number of phenolic OH excluding ortho intramolecular Hbond substituents is 1. The van der Waals surface area contributed by atoms with Crippen molar-refractivity contribution in [2.24, 2.45) is 0 Å². The van der Waals surface area contributed by atoms with Crippen LogP contribution in [0.2, 0.25) is 5.02 Å². The molecule has 0 unspecified atom stereocenters. The zero-order chi connectivity index (χ0) is 14.7. The third-order valence-corrected chi connectivity index (χ3v) is 3.28. The molecule has 6 heteroatoms. The highest BCUT2D eigenvalue weighted by atomic mass is 79.9. The van der Waals surface area contributed by atoms with Gasteiger partial charge in [0.2, 0.25) is 0 Å². The topological polar surface area (TPSA) is 73.1 Å². The van der Waals surface area contributed by atoms with Gasteiger partial charge in [-0.3, -0.25) is 4.79 Å². The molecular formula is C14H8BrClN2O2. The van der Waals surface area contributed by atoms with Crippen molar-refractivity contribution in [2.45, 2.75) is 0 Å². The maximum atomic E-state index is 12.1. The van der Waals surface area contributed by atoms with E-state index in [9.17, 15) is 9.90 Å². The molecule has 0 heterocycles. The largest absolute Gasteiger partial charge is 0.507 e. The second-order valence-corrected chi connectivity index (χ2v) is 5.27. The zero-order valence-corrected chi connectivity index (χ0v) is 12.4. The van der Waals surface area contributed by atoms with Gasteiger partial charge in [0.15, 0.2) is 0 Å². The quantitative estimate of drug-likeness (QED) is 0.861. The maximum absolute atomic E-state index is 12.1. The average Bonchev–Trinajstić information content (AvgIpc) is 2.40. The molecule has 1 amide bonds. The molecule has 0 aromatic heterocycles. The van der Waals surface area contributed by atoms with Crippen molar-refractivity contribution in [3.05, 3.63) is 57.0 Å². The monoisotopic (exact) mass is 350 g/mol. The fourth-order valence-electron chi connectivity index (χ4n) is 1.60. The van der Waals surface area contributed by atoms with E-state index in [0.717, 1.165) is 4.47 Å². The molecule has 20 heavy (non-hydrogen) atoms. The van der Waals surface area contributed by atoms with Crippen LogP contribution in [0.1, 0.15) is 15.9 Å². The van der Waals surface area contributed by atoms with E-state index in [1.165, 1.54) is 18.2 Å². The molecule has 2 aromatic rings. The molecular weight excluding hydrogens is 344 g/mol. The summed E-state index contributed by atoms with van der Waals surface area (Å²) >= 11 is 8.96. The minimum absolute atomic E-state index is 0.0845. The number of carbonyl (C=O) groups is 1. The van der Waals surface area contributed by atoms with E-state index in [4.69, 9.17) is 16.9 Å². The van der Waals surface area contributed by atoms with Gasteiger partial charge in [-0.15, -0.1) is 0 Å². The lowest BCUT2D eigenvalue weighted by molar-refractivity contribution is 0.102. The van der Waals surface area contributed by atoms with E-state index in [1.54, 1.807) is 18.2 Å². The maximum Gasteiger partial charge on any atom is 0.259 e. The third kappa shape index (κ3) is 3.10. The van der Waals surface area contributed by atoms with Crippen LogP contribution in [-0.2, 0) is 0 Å². The van der Waals surface area contributed by atoms with Crippen LogP contribution in [0.5, 0.6) is 5.75 Å². The smallest absolute Gasteiger partial charge is 0.259 e. The molecule has 4 nitrogen and oxygen atoms in total. The fourth-order valence-corrected chi connectivity index (χ4v) is 2.13. The fraction of sp³-hybridized carbons (Fsp3) is 0. The number of phenols is 1. The van der Waals surface area contributed by atoms with Crippen molar-refractivity contribution in [2.75, 3.05) is 5.32 Å². The Labute approximate surface area is 128 Å². The van der Waals surface area contributed by atoms with Gasteiger partial charge in [0, 0.05) is 9.50 Å². The van der Waals surface area contributed by atoms with Gasteiger partial charge in [0.05, 0.1) is 16.8 Å². The Morgan fingerprint density at radius 1 is 1.30 bits per heavy atom. The van der Waals surface area contributed by atoms with E-state index in [0.29, 0.717) is 16.3 Å². The van der Waals surface area contributed by atoms with Gasteiger partial charge in [-0.2, -0.15) is 5.26 Å². The molecule has 0 saturated heterocycles. The van der Waals surface area contributed by atoms with Gasteiger partial charge in [-0.1, -0.05) is 27.5 Å². The summed E-state index contributed by atoms with van der Waals surface area (Å²) in [5.41, 5.74) is 0.775. The molecule has 0 atom stereocenters. The first kappa shape index (κ1) is 14.4. The number of nitrogens with one attached hydrogen (secondary N) is 1. The first-order valence-electron chi connectivity index (χ1n) is 5.51. The van der Waals surface area contributed by atoms with E-state index in [-0.39, 0.29) is 11.3 Å². The summed E-state index contributed by atoms with van der Waals surface area (Å²) in [6.45, 7) is 0. The van der Waals surface area contributed by atoms with Gasteiger partial charge in [0.1, 0.15) is 11.8 Å². The van der Waals surface area contributed by atoms with Crippen LogP contribution >= 0.6 is 27.5 Å². The molecule has 0 spiro atoms. The minimum Gasteiger partial charge on any atom is -0.507 e. The van der Waals surface area contributed by atoms with Gasteiger partial charge >= 0.3 is 0 Å². The number of nitrogens with zero attached hydrogens (tertiary/aromatic N) is 1. The Bertz CT molecular complexity index is 726. The highest BCUT2D eigenvalue weighted by molar-refractivity contribution is 9.10. The van der Waals surface area contributed by atoms with Crippen LogP contribution in [0.15, 0.2) is 40.9 Å². The first-order valence-corrected chi connectivity index (χ1v) is 6.68. The average molecular weight is 352 g/mol. The molecule has 0 fully saturated rings. The minimum atomic E-state index is -0.516. The summed E-state index contributed by atoms with van der Waals surface area (Å²) in [5, 5.41) is 21.6. The Hall–Kier alpha value is -2.03. The van der Waals surface area contributed by atoms with Crippen molar-refractivity contribution >= 4 is 39.1 Å². The van der Waals surface area contributed by atoms with Crippen LogP contribution in [0, 0.1) is 11.3 Å². The molecule has 2 rings (SSSR count). The van der Waals surface area contributed by atoms with E-state index in [2.05, 4.69) is 21.2 Å². The molecule has 0 radical (unpaired) electrons. The van der Waals surface area contributed by atoms with Crippen LogP contribution in [0.25, 0.3) is 0 Å². The van der Waals surface area contributed by atoms with E-state index < -0.39 is 5.91 Å². The highest BCUT2D eigenvalue weighted by Crippen LogP contribution is 2.25. The first-order chi connectivity index (χ1) is 9.51. The number of rotatable bonds is 2. The lowest BCUT2D eigenvalue weighted by Crippen LogP contribution is -2.13. The molecule has 0 bridgehead atoms. The van der Waals surface area contributed by atoms with Crippen molar-refractivity contribution < 1.29 is 9.90 Å². The lowest BCUT2D eigenvalue weighted by Gasteiger charge is -2.08. The number of halogens is 2. The molecule has 0 aliphatic carbocycles. The van der Waals surface area contributed by atoms with Gasteiger partial charge in [-0.05, 0) is 36.4 Å². The van der Waals surface area contributed by atoms with Gasteiger partial charge < -0.3 is 10.4 Å². The molecule has 2 aromatic carbocycles. The van der Waals surface area contributed by atoms with Gasteiger partial charge in [0.25, 0.3) is 5.91 Å².